The number of carbonyl (C=O) groups is 1. The molecule has 114 valence electrons. The van der Waals surface area contributed by atoms with E-state index < -0.39 is 5.97 Å². The van der Waals surface area contributed by atoms with Crippen LogP contribution in [0, 0.1) is 11.8 Å². The largest absolute Gasteiger partial charge is 0.459 e. The van der Waals surface area contributed by atoms with E-state index >= 15 is 0 Å². The molecule has 0 amide bonds. The number of methoxy groups -OCH3 is 1. The Labute approximate surface area is 128 Å². The lowest BCUT2D eigenvalue weighted by atomic mass is 9.84. The van der Waals surface area contributed by atoms with Crippen LogP contribution in [0.2, 0.25) is 0 Å². The summed E-state index contributed by atoms with van der Waals surface area (Å²) in [7, 11) is 1.35. The minimum Gasteiger partial charge on any atom is -0.459 e. The average molecular weight is 286 g/mol. The van der Waals surface area contributed by atoms with Crippen molar-refractivity contribution in [1.29, 1.82) is 0 Å². The summed E-state index contributed by atoms with van der Waals surface area (Å²) < 4.78 is 4.62. The van der Waals surface area contributed by atoms with E-state index in [1.165, 1.54) is 23.8 Å². The number of carbonyl (C=O) groups excluding carboxylic acids is 1. The predicted molar refractivity (Wildman–Crippen MR) is 87.6 cm³/mol. The third kappa shape index (κ3) is 4.36. The highest BCUT2D eigenvalue weighted by atomic mass is 16.5. The van der Waals surface area contributed by atoms with E-state index in [1.54, 1.807) is 0 Å². The summed E-state index contributed by atoms with van der Waals surface area (Å²) in [6, 6.07) is 4.45. The van der Waals surface area contributed by atoms with Crippen LogP contribution < -0.4 is 0 Å². The minimum absolute atomic E-state index is 0.364. The molecule has 0 aliphatic carbocycles. The second kappa shape index (κ2) is 7.31. The Balaban J connectivity index is 3.56. The van der Waals surface area contributed by atoms with Crippen LogP contribution in [-0.2, 0) is 9.53 Å². The monoisotopic (exact) mass is 286 g/mol. The first-order valence-corrected chi connectivity index (χ1v) is 7.55. The van der Waals surface area contributed by atoms with Gasteiger partial charge in [0.25, 0.3) is 0 Å². The van der Waals surface area contributed by atoms with Crippen molar-refractivity contribution in [2.75, 3.05) is 7.11 Å². The van der Waals surface area contributed by atoms with E-state index in [2.05, 4.69) is 70.3 Å². The standard InChI is InChI=1S/C19H26O2/c1-12(2)15-10-17(13(3)4)16(8-9-19(20)21-7)18(11-15)14(5)6/h10-14H,1-7H3. The van der Waals surface area contributed by atoms with Gasteiger partial charge in [-0.1, -0.05) is 59.6 Å². The SMILES string of the molecule is COC(=O)C#Cc1c(C(C)C)cc(C(C)C)cc1C(C)C. The molecule has 2 heteroatoms. The summed E-state index contributed by atoms with van der Waals surface area (Å²) in [4.78, 5) is 11.3. The van der Waals surface area contributed by atoms with E-state index in [1.807, 2.05) is 0 Å². The molecule has 0 bridgehead atoms. The normalized spacial score (nSPS) is 10.8. The number of ether oxygens (including phenoxy) is 1. The lowest BCUT2D eigenvalue weighted by molar-refractivity contribution is -0.133. The zero-order valence-electron chi connectivity index (χ0n) is 14.2. The van der Waals surface area contributed by atoms with E-state index in [-0.39, 0.29) is 0 Å². The van der Waals surface area contributed by atoms with Gasteiger partial charge in [-0.25, -0.2) is 4.79 Å². The summed E-state index contributed by atoms with van der Waals surface area (Å²) in [5.74, 6) is 6.32. The molecule has 0 fully saturated rings. The molecular weight excluding hydrogens is 260 g/mol. The van der Waals surface area contributed by atoms with E-state index in [0.717, 1.165) is 5.56 Å². The molecule has 0 unspecified atom stereocenters. The number of hydrogen-bond donors (Lipinski definition) is 0. The first-order chi connectivity index (χ1) is 9.77. The summed E-state index contributed by atoms with van der Waals surface area (Å²) >= 11 is 0. The molecular formula is C19H26O2. The Morgan fingerprint density at radius 1 is 0.952 bits per heavy atom. The van der Waals surface area contributed by atoms with Crippen LogP contribution in [0.5, 0.6) is 0 Å². The summed E-state index contributed by atoms with van der Waals surface area (Å²) in [6.07, 6.45) is 0. The van der Waals surface area contributed by atoms with E-state index in [4.69, 9.17) is 0 Å². The smallest absolute Gasteiger partial charge is 0.384 e. The van der Waals surface area contributed by atoms with Crippen molar-refractivity contribution in [1.82, 2.24) is 0 Å². The fraction of sp³-hybridized carbons (Fsp3) is 0.526. The molecule has 0 aliphatic rings. The van der Waals surface area contributed by atoms with Gasteiger partial charge in [0.1, 0.15) is 0 Å². The zero-order valence-corrected chi connectivity index (χ0v) is 14.2. The quantitative estimate of drug-likeness (QED) is 0.600. The van der Waals surface area contributed by atoms with Crippen molar-refractivity contribution >= 4 is 5.97 Å². The van der Waals surface area contributed by atoms with Crippen molar-refractivity contribution in [3.05, 3.63) is 34.4 Å². The Morgan fingerprint density at radius 2 is 1.43 bits per heavy atom. The van der Waals surface area contributed by atoms with Crippen molar-refractivity contribution in [3.8, 4) is 11.8 Å². The van der Waals surface area contributed by atoms with Gasteiger partial charge in [0, 0.05) is 11.5 Å². The maximum atomic E-state index is 11.3. The van der Waals surface area contributed by atoms with Gasteiger partial charge < -0.3 is 4.74 Å². The molecule has 0 aromatic heterocycles. The van der Waals surface area contributed by atoms with Crippen LogP contribution in [0.1, 0.15) is 81.5 Å². The Kier molecular flexibility index (Phi) is 6.03. The summed E-state index contributed by atoms with van der Waals surface area (Å²) in [6.45, 7) is 13.0. The first kappa shape index (κ1) is 17.3. The van der Waals surface area contributed by atoms with Gasteiger partial charge >= 0.3 is 5.97 Å². The molecule has 0 N–H and O–H groups in total. The van der Waals surface area contributed by atoms with Crippen molar-refractivity contribution < 1.29 is 9.53 Å². The molecule has 1 rings (SSSR count). The fourth-order valence-electron chi connectivity index (χ4n) is 2.26. The van der Waals surface area contributed by atoms with Gasteiger partial charge in [-0.2, -0.15) is 0 Å². The van der Waals surface area contributed by atoms with E-state index in [0.29, 0.717) is 17.8 Å². The molecule has 0 spiro atoms. The molecule has 0 heterocycles. The lowest BCUT2D eigenvalue weighted by Crippen LogP contribution is -2.05. The highest BCUT2D eigenvalue weighted by molar-refractivity contribution is 5.89. The second-order valence-corrected chi connectivity index (χ2v) is 6.28. The van der Waals surface area contributed by atoms with Crippen molar-refractivity contribution in [2.45, 2.75) is 59.3 Å². The first-order valence-electron chi connectivity index (χ1n) is 7.55. The zero-order chi connectivity index (χ0) is 16.2. The summed E-state index contributed by atoms with van der Waals surface area (Å²) in [5.41, 5.74) is 4.73. The molecule has 21 heavy (non-hydrogen) atoms. The number of rotatable bonds is 3. The molecule has 2 nitrogen and oxygen atoms in total. The molecule has 0 aliphatic heterocycles. The van der Waals surface area contributed by atoms with Crippen LogP contribution in [0.4, 0.5) is 0 Å². The predicted octanol–water partition coefficient (Wildman–Crippen LogP) is 4.58. The van der Waals surface area contributed by atoms with Gasteiger partial charge in [-0.15, -0.1) is 0 Å². The molecule has 0 saturated carbocycles. The topological polar surface area (TPSA) is 26.3 Å². The highest BCUT2D eigenvalue weighted by Crippen LogP contribution is 2.31. The van der Waals surface area contributed by atoms with Gasteiger partial charge in [-0.3, -0.25) is 0 Å². The number of esters is 1. The summed E-state index contributed by atoms with van der Waals surface area (Å²) in [5, 5.41) is 0. The van der Waals surface area contributed by atoms with Gasteiger partial charge in [0.2, 0.25) is 0 Å². The van der Waals surface area contributed by atoms with Gasteiger partial charge in [0.05, 0.1) is 7.11 Å². The van der Waals surface area contributed by atoms with Crippen molar-refractivity contribution in [3.63, 3.8) is 0 Å². The van der Waals surface area contributed by atoms with E-state index in [9.17, 15) is 4.79 Å². The molecule has 0 saturated heterocycles. The maximum absolute atomic E-state index is 11.3. The highest BCUT2D eigenvalue weighted by Gasteiger charge is 2.16. The van der Waals surface area contributed by atoms with Crippen LogP contribution in [0.25, 0.3) is 0 Å². The maximum Gasteiger partial charge on any atom is 0.384 e. The van der Waals surface area contributed by atoms with Crippen LogP contribution in [0.15, 0.2) is 12.1 Å². The molecule has 0 radical (unpaired) electrons. The van der Waals surface area contributed by atoms with Crippen LogP contribution >= 0.6 is 0 Å². The molecule has 0 atom stereocenters. The van der Waals surface area contributed by atoms with Crippen molar-refractivity contribution in [2.24, 2.45) is 0 Å². The fourth-order valence-corrected chi connectivity index (χ4v) is 2.26. The Bertz CT molecular complexity index is 540. The second-order valence-electron chi connectivity index (χ2n) is 6.28. The molecule has 1 aromatic rings. The Morgan fingerprint density at radius 3 is 1.76 bits per heavy atom. The number of benzene rings is 1. The van der Waals surface area contributed by atoms with Gasteiger partial charge in [0.15, 0.2) is 0 Å². The Hall–Kier alpha value is -1.75. The van der Waals surface area contributed by atoms with Crippen LogP contribution in [0.3, 0.4) is 0 Å². The minimum atomic E-state index is -0.493. The average Bonchev–Trinajstić information content (AvgIpc) is 2.43. The lowest BCUT2D eigenvalue weighted by Gasteiger charge is -2.19. The third-order valence-electron chi connectivity index (χ3n) is 3.61. The van der Waals surface area contributed by atoms with Crippen LogP contribution in [-0.4, -0.2) is 13.1 Å². The molecule has 1 aromatic carbocycles. The number of hydrogen-bond acceptors (Lipinski definition) is 2. The third-order valence-corrected chi connectivity index (χ3v) is 3.61. The van der Waals surface area contributed by atoms with Gasteiger partial charge in [-0.05, 0) is 34.4 Å².